The smallest absolute Gasteiger partial charge is 0.112 e. The summed E-state index contributed by atoms with van der Waals surface area (Å²) in [7, 11) is 0. The first-order valence-corrected chi connectivity index (χ1v) is 5.74. The van der Waals surface area contributed by atoms with E-state index in [1.807, 2.05) is 24.3 Å². The summed E-state index contributed by atoms with van der Waals surface area (Å²) < 4.78 is 5.42. The van der Waals surface area contributed by atoms with Crippen molar-refractivity contribution in [1.82, 2.24) is 0 Å². The van der Waals surface area contributed by atoms with Gasteiger partial charge in [-0.2, -0.15) is 11.3 Å². The van der Waals surface area contributed by atoms with Crippen LogP contribution in [0.4, 0.5) is 0 Å². The van der Waals surface area contributed by atoms with Gasteiger partial charge in [-0.25, -0.2) is 0 Å². The molecule has 2 rings (SSSR count). The normalized spacial score (nSPS) is 10.7. The summed E-state index contributed by atoms with van der Waals surface area (Å²) >= 11 is 1.69. The fourth-order valence-corrected chi connectivity index (χ4v) is 1.84. The highest BCUT2D eigenvalue weighted by molar-refractivity contribution is 7.08. The van der Waals surface area contributed by atoms with E-state index in [4.69, 9.17) is 4.74 Å². The number of hydrogen-bond acceptors (Lipinski definition) is 2. The Balaban J connectivity index is 1.80. The molecule has 0 aliphatic rings. The zero-order chi connectivity index (χ0) is 10.3. The highest BCUT2D eigenvalue weighted by Gasteiger charge is 1.88. The van der Waals surface area contributed by atoms with Crippen molar-refractivity contribution < 1.29 is 4.74 Å². The summed E-state index contributed by atoms with van der Waals surface area (Å²) in [5, 5.41) is 4.14. The van der Waals surface area contributed by atoms with Crippen LogP contribution in [0.5, 0.6) is 0 Å². The van der Waals surface area contributed by atoms with Crippen LogP contribution in [-0.2, 0) is 11.3 Å². The largest absolute Gasteiger partial charge is 0.496 e. The second-order valence-corrected chi connectivity index (χ2v) is 3.94. The zero-order valence-electron chi connectivity index (χ0n) is 8.30. The van der Waals surface area contributed by atoms with Crippen molar-refractivity contribution >= 4 is 17.4 Å². The van der Waals surface area contributed by atoms with Gasteiger partial charge in [0, 0.05) is 0 Å². The van der Waals surface area contributed by atoms with E-state index in [9.17, 15) is 0 Å². The van der Waals surface area contributed by atoms with Crippen molar-refractivity contribution in [2.75, 3.05) is 0 Å². The molecule has 0 aliphatic heterocycles. The molecule has 2 heteroatoms. The maximum Gasteiger partial charge on any atom is 0.112 e. The quantitative estimate of drug-likeness (QED) is 0.703. The molecular formula is C13H12OS. The topological polar surface area (TPSA) is 9.23 Å². The second-order valence-electron chi connectivity index (χ2n) is 3.16. The molecule has 1 heterocycles. The molecule has 76 valence electrons. The molecule has 1 aromatic carbocycles. The first kappa shape index (κ1) is 9.99. The predicted octanol–water partition coefficient (Wildman–Crippen LogP) is 3.94. The Labute approximate surface area is 93.6 Å². The minimum absolute atomic E-state index is 0.626. The zero-order valence-corrected chi connectivity index (χ0v) is 9.11. The summed E-state index contributed by atoms with van der Waals surface area (Å²) in [6.45, 7) is 0.626. The van der Waals surface area contributed by atoms with Crippen molar-refractivity contribution in [2.45, 2.75) is 6.61 Å². The summed E-state index contributed by atoms with van der Waals surface area (Å²) in [6.07, 6.45) is 3.72. The number of hydrogen-bond donors (Lipinski definition) is 0. The van der Waals surface area contributed by atoms with E-state index in [0.717, 1.165) is 0 Å². The van der Waals surface area contributed by atoms with Crippen LogP contribution in [-0.4, -0.2) is 0 Å². The van der Waals surface area contributed by atoms with E-state index >= 15 is 0 Å². The van der Waals surface area contributed by atoms with Gasteiger partial charge in [0.25, 0.3) is 0 Å². The molecule has 0 saturated heterocycles. The van der Waals surface area contributed by atoms with Crippen molar-refractivity contribution in [3.05, 3.63) is 64.5 Å². The van der Waals surface area contributed by atoms with E-state index in [1.165, 1.54) is 11.1 Å². The van der Waals surface area contributed by atoms with E-state index in [0.29, 0.717) is 6.61 Å². The lowest BCUT2D eigenvalue weighted by molar-refractivity contribution is 0.239. The monoisotopic (exact) mass is 216 g/mol. The number of ether oxygens (including phenoxy) is 1. The number of benzene rings is 1. The Kier molecular flexibility index (Phi) is 3.58. The van der Waals surface area contributed by atoms with Crippen LogP contribution in [0.1, 0.15) is 11.1 Å². The first-order valence-electron chi connectivity index (χ1n) is 4.79. The lowest BCUT2D eigenvalue weighted by atomic mass is 10.2. The lowest BCUT2D eigenvalue weighted by Crippen LogP contribution is -1.84. The third-order valence-electron chi connectivity index (χ3n) is 1.99. The first-order chi connectivity index (χ1) is 7.45. The SMILES string of the molecule is C(=C\c1ccsc1)/OCc1ccccc1. The second kappa shape index (κ2) is 5.37. The maximum absolute atomic E-state index is 5.42. The molecule has 0 saturated carbocycles. The Morgan fingerprint density at radius 2 is 2.00 bits per heavy atom. The maximum atomic E-state index is 5.42. The fourth-order valence-electron chi connectivity index (χ4n) is 1.22. The van der Waals surface area contributed by atoms with Gasteiger partial charge in [0.05, 0.1) is 6.26 Å². The summed E-state index contributed by atoms with van der Waals surface area (Å²) in [5.41, 5.74) is 2.38. The number of rotatable bonds is 4. The van der Waals surface area contributed by atoms with E-state index in [2.05, 4.69) is 29.0 Å². The van der Waals surface area contributed by atoms with E-state index in [-0.39, 0.29) is 0 Å². The Morgan fingerprint density at radius 3 is 2.73 bits per heavy atom. The van der Waals surface area contributed by atoms with Gasteiger partial charge >= 0.3 is 0 Å². The van der Waals surface area contributed by atoms with Crippen LogP contribution in [0.2, 0.25) is 0 Å². The summed E-state index contributed by atoms with van der Waals surface area (Å²) in [6, 6.07) is 12.2. The predicted molar refractivity (Wildman–Crippen MR) is 64.6 cm³/mol. The minimum atomic E-state index is 0.626. The third-order valence-corrected chi connectivity index (χ3v) is 2.69. The molecule has 0 N–H and O–H groups in total. The van der Waals surface area contributed by atoms with Crippen LogP contribution in [0.15, 0.2) is 53.4 Å². The van der Waals surface area contributed by atoms with Gasteiger partial charge in [-0.3, -0.25) is 0 Å². The summed E-state index contributed by atoms with van der Waals surface area (Å²) in [5.74, 6) is 0. The highest BCUT2D eigenvalue weighted by Crippen LogP contribution is 2.08. The van der Waals surface area contributed by atoms with Crippen LogP contribution in [0.3, 0.4) is 0 Å². The van der Waals surface area contributed by atoms with E-state index in [1.54, 1.807) is 17.6 Å². The van der Waals surface area contributed by atoms with Crippen LogP contribution >= 0.6 is 11.3 Å². The van der Waals surface area contributed by atoms with Crippen molar-refractivity contribution in [1.29, 1.82) is 0 Å². The third kappa shape index (κ3) is 3.26. The Hall–Kier alpha value is -1.54. The molecule has 0 spiro atoms. The molecule has 0 aliphatic carbocycles. The Bertz CT molecular complexity index is 403. The van der Waals surface area contributed by atoms with Gasteiger partial charge in [-0.1, -0.05) is 30.3 Å². The fraction of sp³-hybridized carbons (Fsp3) is 0.0769. The molecule has 15 heavy (non-hydrogen) atoms. The standard InChI is InChI=1S/C13H12OS/c1-2-4-12(5-3-1)10-14-8-6-13-7-9-15-11-13/h1-9,11H,10H2/b8-6+. The van der Waals surface area contributed by atoms with Crippen molar-refractivity contribution in [2.24, 2.45) is 0 Å². The van der Waals surface area contributed by atoms with Crippen molar-refractivity contribution in [3.8, 4) is 0 Å². The van der Waals surface area contributed by atoms with Crippen LogP contribution in [0.25, 0.3) is 6.08 Å². The van der Waals surface area contributed by atoms with Gasteiger partial charge in [0.1, 0.15) is 6.61 Å². The van der Waals surface area contributed by atoms with Gasteiger partial charge in [0.15, 0.2) is 0 Å². The highest BCUT2D eigenvalue weighted by atomic mass is 32.1. The van der Waals surface area contributed by atoms with Crippen LogP contribution in [0, 0.1) is 0 Å². The van der Waals surface area contributed by atoms with Gasteiger partial charge in [-0.15, -0.1) is 0 Å². The minimum Gasteiger partial charge on any atom is -0.496 e. The molecule has 0 amide bonds. The molecule has 0 atom stereocenters. The molecule has 2 aromatic rings. The molecular weight excluding hydrogens is 204 g/mol. The van der Waals surface area contributed by atoms with Gasteiger partial charge in [0.2, 0.25) is 0 Å². The lowest BCUT2D eigenvalue weighted by Gasteiger charge is -1.99. The molecule has 1 aromatic heterocycles. The summed E-state index contributed by atoms with van der Waals surface area (Å²) in [4.78, 5) is 0. The average molecular weight is 216 g/mol. The number of thiophene rings is 1. The molecule has 1 nitrogen and oxygen atoms in total. The molecule has 0 bridgehead atoms. The van der Waals surface area contributed by atoms with Gasteiger partial charge < -0.3 is 4.74 Å². The average Bonchev–Trinajstić information content (AvgIpc) is 2.79. The van der Waals surface area contributed by atoms with Crippen LogP contribution < -0.4 is 0 Å². The molecule has 0 unspecified atom stereocenters. The molecule has 0 fully saturated rings. The van der Waals surface area contributed by atoms with Gasteiger partial charge in [-0.05, 0) is 34.0 Å². The molecule has 0 radical (unpaired) electrons. The van der Waals surface area contributed by atoms with E-state index < -0.39 is 0 Å². The Morgan fingerprint density at radius 1 is 1.13 bits per heavy atom. The van der Waals surface area contributed by atoms with Crippen molar-refractivity contribution in [3.63, 3.8) is 0 Å².